The largest absolute Gasteiger partial charge is 0.379 e. The average Bonchev–Trinajstić information content (AvgIpc) is 2.81. The molecule has 0 radical (unpaired) electrons. The normalized spacial score (nSPS) is 19.4. The lowest BCUT2D eigenvalue weighted by atomic mass is 10.1. The van der Waals surface area contributed by atoms with Crippen LogP contribution in [0.4, 0.5) is 5.69 Å². The van der Waals surface area contributed by atoms with Crippen LogP contribution in [0.5, 0.6) is 0 Å². The molecule has 0 spiro atoms. The molecule has 17 heavy (non-hydrogen) atoms. The maximum atomic E-state index is 11.7. The number of halogens is 1. The molecule has 0 amide bonds. The summed E-state index contributed by atoms with van der Waals surface area (Å²) in [5, 5.41) is 0. The number of hydrogen-bond acceptors (Lipinski definition) is 3. The van der Waals surface area contributed by atoms with E-state index in [1.54, 1.807) is 6.92 Å². The Kier molecular flexibility index (Phi) is 3.84. The molecule has 2 rings (SSSR count). The molecule has 1 aromatic rings. The Morgan fingerprint density at radius 2 is 2.29 bits per heavy atom. The van der Waals surface area contributed by atoms with Gasteiger partial charge in [0.25, 0.3) is 0 Å². The van der Waals surface area contributed by atoms with Crippen LogP contribution < -0.4 is 4.90 Å². The predicted octanol–water partition coefficient (Wildman–Crippen LogP) is 2.88. The zero-order chi connectivity index (χ0) is 12.4. The van der Waals surface area contributed by atoms with Crippen LogP contribution in [0, 0.1) is 0 Å². The van der Waals surface area contributed by atoms with Crippen molar-refractivity contribution in [2.45, 2.75) is 19.4 Å². The summed E-state index contributed by atoms with van der Waals surface area (Å²) >= 11 is 3.40. The molecule has 1 fully saturated rings. The first-order valence-corrected chi connectivity index (χ1v) is 6.50. The van der Waals surface area contributed by atoms with Crippen molar-refractivity contribution in [3.63, 3.8) is 0 Å². The predicted molar refractivity (Wildman–Crippen MR) is 71.8 cm³/mol. The van der Waals surface area contributed by atoms with Gasteiger partial charge in [0, 0.05) is 29.4 Å². The molecule has 0 aliphatic carbocycles. The zero-order valence-electron chi connectivity index (χ0n) is 10.1. The number of likely N-dealkylation sites (N-methyl/N-ethyl adjacent to an activating group) is 1. The number of Topliss-reactive ketones (excluding diaryl/α,β-unsaturated/α-hetero) is 1. The van der Waals surface area contributed by atoms with Crippen molar-refractivity contribution in [1.82, 2.24) is 0 Å². The summed E-state index contributed by atoms with van der Waals surface area (Å²) in [6.07, 6.45) is 1.02. The molecule has 92 valence electrons. The lowest BCUT2D eigenvalue weighted by Crippen LogP contribution is -2.32. The maximum absolute atomic E-state index is 11.7. The number of carbonyl (C=O) groups is 1. The topological polar surface area (TPSA) is 29.5 Å². The fraction of sp³-hybridized carbons (Fsp3) is 0.462. The molecule has 1 aliphatic rings. The molecule has 1 saturated heterocycles. The van der Waals surface area contributed by atoms with Gasteiger partial charge in [-0.2, -0.15) is 0 Å². The van der Waals surface area contributed by atoms with Gasteiger partial charge in [-0.25, -0.2) is 0 Å². The lowest BCUT2D eigenvalue weighted by molar-refractivity contribution is 0.101. The highest BCUT2D eigenvalue weighted by molar-refractivity contribution is 9.10. The van der Waals surface area contributed by atoms with Crippen molar-refractivity contribution in [3.8, 4) is 0 Å². The Morgan fingerprint density at radius 1 is 1.53 bits per heavy atom. The van der Waals surface area contributed by atoms with E-state index in [1.165, 1.54) is 0 Å². The van der Waals surface area contributed by atoms with E-state index in [0.29, 0.717) is 6.04 Å². The first-order chi connectivity index (χ1) is 8.09. The molecule has 0 bridgehead atoms. The summed E-state index contributed by atoms with van der Waals surface area (Å²) in [6.45, 7) is 3.15. The minimum absolute atomic E-state index is 0.0899. The van der Waals surface area contributed by atoms with E-state index >= 15 is 0 Å². The molecule has 1 atom stereocenters. The SMILES string of the molecule is CC(=O)c1cc(Br)ccc1N(C)C1CCOC1. The second kappa shape index (κ2) is 5.19. The molecule has 0 N–H and O–H groups in total. The van der Waals surface area contributed by atoms with E-state index in [9.17, 15) is 4.79 Å². The van der Waals surface area contributed by atoms with Crippen LogP contribution in [0.3, 0.4) is 0 Å². The van der Waals surface area contributed by atoms with Crippen molar-refractivity contribution < 1.29 is 9.53 Å². The van der Waals surface area contributed by atoms with E-state index in [4.69, 9.17) is 4.74 Å². The number of hydrogen-bond donors (Lipinski definition) is 0. The van der Waals surface area contributed by atoms with Gasteiger partial charge in [0.05, 0.1) is 12.6 Å². The molecule has 1 unspecified atom stereocenters. The third kappa shape index (κ3) is 2.69. The van der Waals surface area contributed by atoms with Crippen LogP contribution in [0.1, 0.15) is 23.7 Å². The Hall–Kier alpha value is -0.870. The average molecular weight is 298 g/mol. The fourth-order valence-corrected chi connectivity index (χ4v) is 2.48. The monoisotopic (exact) mass is 297 g/mol. The van der Waals surface area contributed by atoms with E-state index in [1.807, 2.05) is 25.2 Å². The van der Waals surface area contributed by atoms with Crippen LogP contribution in [-0.4, -0.2) is 32.1 Å². The molecular weight excluding hydrogens is 282 g/mol. The fourth-order valence-electron chi connectivity index (χ4n) is 2.12. The third-order valence-corrected chi connectivity index (χ3v) is 3.66. The summed E-state index contributed by atoms with van der Waals surface area (Å²) in [4.78, 5) is 13.8. The van der Waals surface area contributed by atoms with E-state index < -0.39 is 0 Å². The van der Waals surface area contributed by atoms with Crippen LogP contribution in [0.2, 0.25) is 0 Å². The van der Waals surface area contributed by atoms with Crippen molar-refractivity contribution in [2.24, 2.45) is 0 Å². The Labute approximate surface area is 110 Å². The number of ether oxygens (including phenoxy) is 1. The van der Waals surface area contributed by atoms with Crippen LogP contribution in [0.15, 0.2) is 22.7 Å². The summed E-state index contributed by atoms with van der Waals surface area (Å²) in [5.74, 6) is 0.0899. The maximum Gasteiger partial charge on any atom is 0.161 e. The lowest BCUT2D eigenvalue weighted by Gasteiger charge is -2.27. The number of nitrogens with zero attached hydrogens (tertiary/aromatic N) is 1. The number of rotatable bonds is 3. The molecule has 4 heteroatoms. The third-order valence-electron chi connectivity index (χ3n) is 3.17. The highest BCUT2D eigenvalue weighted by Crippen LogP contribution is 2.27. The second-order valence-corrected chi connectivity index (χ2v) is 5.26. The van der Waals surface area contributed by atoms with Gasteiger partial charge in [-0.1, -0.05) is 15.9 Å². The quantitative estimate of drug-likeness (QED) is 0.804. The molecule has 0 aromatic heterocycles. The van der Waals surface area contributed by atoms with Crippen LogP contribution >= 0.6 is 15.9 Å². The van der Waals surface area contributed by atoms with E-state index in [-0.39, 0.29) is 5.78 Å². The summed E-state index contributed by atoms with van der Waals surface area (Å²) < 4.78 is 6.32. The molecule has 1 heterocycles. The molecule has 1 aliphatic heterocycles. The molecule has 1 aromatic carbocycles. The van der Waals surface area contributed by atoms with Crippen molar-refractivity contribution in [1.29, 1.82) is 0 Å². The van der Waals surface area contributed by atoms with Crippen molar-refractivity contribution >= 4 is 27.4 Å². The Bertz CT molecular complexity index is 427. The first-order valence-electron chi connectivity index (χ1n) is 5.70. The van der Waals surface area contributed by atoms with Gasteiger partial charge in [0.1, 0.15) is 0 Å². The van der Waals surface area contributed by atoms with Gasteiger partial charge in [0.15, 0.2) is 5.78 Å². The molecule has 0 saturated carbocycles. The van der Waals surface area contributed by atoms with Gasteiger partial charge in [0.2, 0.25) is 0 Å². The zero-order valence-corrected chi connectivity index (χ0v) is 11.7. The number of anilines is 1. The number of ketones is 1. The van der Waals surface area contributed by atoms with E-state index in [0.717, 1.165) is 35.4 Å². The van der Waals surface area contributed by atoms with Crippen molar-refractivity contribution in [2.75, 3.05) is 25.2 Å². The van der Waals surface area contributed by atoms with Gasteiger partial charge < -0.3 is 9.64 Å². The summed E-state index contributed by atoms with van der Waals surface area (Å²) in [6, 6.07) is 6.20. The number of benzene rings is 1. The number of carbonyl (C=O) groups excluding carboxylic acids is 1. The highest BCUT2D eigenvalue weighted by Gasteiger charge is 2.23. The minimum Gasteiger partial charge on any atom is -0.379 e. The molecule has 3 nitrogen and oxygen atoms in total. The van der Waals surface area contributed by atoms with Gasteiger partial charge in [-0.15, -0.1) is 0 Å². The highest BCUT2D eigenvalue weighted by atomic mass is 79.9. The molecular formula is C13H16BrNO2. The van der Waals surface area contributed by atoms with Crippen LogP contribution in [-0.2, 0) is 4.74 Å². The first kappa shape index (κ1) is 12.6. The Morgan fingerprint density at radius 3 is 2.88 bits per heavy atom. The minimum atomic E-state index is 0.0899. The Balaban J connectivity index is 2.33. The van der Waals surface area contributed by atoms with Gasteiger partial charge >= 0.3 is 0 Å². The second-order valence-electron chi connectivity index (χ2n) is 4.35. The van der Waals surface area contributed by atoms with Crippen molar-refractivity contribution in [3.05, 3.63) is 28.2 Å². The van der Waals surface area contributed by atoms with E-state index in [2.05, 4.69) is 20.8 Å². The summed E-state index contributed by atoms with van der Waals surface area (Å²) in [7, 11) is 2.02. The van der Waals surface area contributed by atoms with Gasteiger partial charge in [-0.05, 0) is 31.5 Å². The van der Waals surface area contributed by atoms with Crippen LogP contribution in [0.25, 0.3) is 0 Å². The smallest absolute Gasteiger partial charge is 0.161 e. The standard InChI is InChI=1S/C13H16BrNO2/c1-9(16)12-7-10(14)3-4-13(12)15(2)11-5-6-17-8-11/h3-4,7,11H,5-6,8H2,1-2H3. The summed E-state index contributed by atoms with van der Waals surface area (Å²) in [5.41, 5.74) is 1.74. The van der Waals surface area contributed by atoms with Gasteiger partial charge in [-0.3, -0.25) is 4.79 Å².